The number of aliphatic hydroxyl groups is 1. The number of rotatable bonds is 8. The predicted molar refractivity (Wildman–Crippen MR) is 53.2 cm³/mol. The fourth-order valence-corrected chi connectivity index (χ4v) is 1.51. The van der Waals surface area contributed by atoms with Crippen molar-refractivity contribution in [3.8, 4) is 0 Å². The van der Waals surface area contributed by atoms with Crippen molar-refractivity contribution in [1.29, 1.82) is 0 Å². The zero-order valence-electron chi connectivity index (χ0n) is 8.46. The largest absolute Gasteiger partial charge is 0.480 e. The Morgan fingerprint density at radius 1 is 1.21 bits per heavy atom. The Hall–Kier alpha value is -0.610. The van der Waals surface area contributed by atoms with E-state index in [1.54, 1.807) is 0 Å². The Balaban J connectivity index is 1.96. The summed E-state index contributed by atoms with van der Waals surface area (Å²) in [4.78, 5) is 10.8. The molecule has 1 saturated carbocycles. The van der Waals surface area contributed by atoms with Crippen molar-refractivity contribution in [1.82, 2.24) is 5.32 Å². The molecule has 0 radical (unpaired) electrons. The molecule has 4 nitrogen and oxygen atoms in total. The second-order valence-electron chi connectivity index (χ2n) is 3.95. The van der Waals surface area contributed by atoms with E-state index in [2.05, 4.69) is 5.32 Å². The molecule has 0 aromatic rings. The molecule has 0 bridgehead atoms. The Morgan fingerprint density at radius 2 is 1.86 bits per heavy atom. The SMILES string of the molecule is O=C(O)C1(NCCCCCCO)CC1. The maximum Gasteiger partial charge on any atom is 0.323 e. The third-order valence-corrected chi connectivity index (χ3v) is 2.71. The van der Waals surface area contributed by atoms with E-state index >= 15 is 0 Å². The summed E-state index contributed by atoms with van der Waals surface area (Å²) in [6.07, 6.45) is 5.46. The van der Waals surface area contributed by atoms with Crippen molar-refractivity contribution in [3.05, 3.63) is 0 Å². The fourth-order valence-electron chi connectivity index (χ4n) is 1.51. The van der Waals surface area contributed by atoms with Gasteiger partial charge in [0.15, 0.2) is 0 Å². The Morgan fingerprint density at radius 3 is 2.36 bits per heavy atom. The molecule has 0 amide bonds. The first kappa shape index (κ1) is 11.5. The maximum atomic E-state index is 10.8. The van der Waals surface area contributed by atoms with Crippen LogP contribution in [0, 0.1) is 0 Å². The average molecular weight is 201 g/mol. The van der Waals surface area contributed by atoms with E-state index in [9.17, 15) is 4.79 Å². The van der Waals surface area contributed by atoms with Gasteiger partial charge in [-0.3, -0.25) is 4.79 Å². The van der Waals surface area contributed by atoms with E-state index in [0.717, 1.165) is 45.1 Å². The number of hydrogen-bond donors (Lipinski definition) is 3. The van der Waals surface area contributed by atoms with Crippen molar-refractivity contribution < 1.29 is 15.0 Å². The van der Waals surface area contributed by atoms with Gasteiger partial charge in [-0.15, -0.1) is 0 Å². The van der Waals surface area contributed by atoms with Crippen molar-refractivity contribution in [2.45, 2.75) is 44.1 Å². The van der Waals surface area contributed by atoms with Crippen LogP contribution in [0.1, 0.15) is 38.5 Å². The smallest absolute Gasteiger partial charge is 0.323 e. The summed E-state index contributed by atoms with van der Waals surface area (Å²) in [7, 11) is 0. The lowest BCUT2D eigenvalue weighted by Gasteiger charge is -2.11. The van der Waals surface area contributed by atoms with E-state index < -0.39 is 11.5 Å². The van der Waals surface area contributed by atoms with Crippen LogP contribution < -0.4 is 5.32 Å². The molecule has 0 aromatic carbocycles. The molecule has 82 valence electrons. The summed E-state index contributed by atoms with van der Waals surface area (Å²) in [5, 5.41) is 20.5. The highest BCUT2D eigenvalue weighted by molar-refractivity contribution is 5.82. The molecule has 0 spiro atoms. The molecule has 0 heterocycles. The number of aliphatic hydroxyl groups excluding tert-OH is 1. The van der Waals surface area contributed by atoms with Crippen molar-refractivity contribution >= 4 is 5.97 Å². The first-order chi connectivity index (χ1) is 6.71. The van der Waals surface area contributed by atoms with Gasteiger partial charge in [0.25, 0.3) is 0 Å². The second-order valence-corrected chi connectivity index (χ2v) is 3.95. The Labute approximate surface area is 84.3 Å². The van der Waals surface area contributed by atoms with E-state index in [1.165, 1.54) is 0 Å². The van der Waals surface area contributed by atoms with Gasteiger partial charge in [-0.1, -0.05) is 12.8 Å². The molecule has 0 saturated heterocycles. The van der Waals surface area contributed by atoms with Crippen LogP contribution in [0.15, 0.2) is 0 Å². The molecule has 14 heavy (non-hydrogen) atoms. The van der Waals surface area contributed by atoms with Crippen LogP contribution in [0.25, 0.3) is 0 Å². The molecule has 1 rings (SSSR count). The van der Waals surface area contributed by atoms with Crippen LogP contribution in [-0.2, 0) is 4.79 Å². The van der Waals surface area contributed by atoms with E-state index in [4.69, 9.17) is 10.2 Å². The van der Waals surface area contributed by atoms with Gasteiger partial charge in [-0.05, 0) is 32.2 Å². The molecule has 3 N–H and O–H groups in total. The number of nitrogens with one attached hydrogen (secondary N) is 1. The van der Waals surface area contributed by atoms with Gasteiger partial charge >= 0.3 is 5.97 Å². The van der Waals surface area contributed by atoms with Gasteiger partial charge in [0, 0.05) is 6.61 Å². The van der Waals surface area contributed by atoms with Crippen LogP contribution in [0.4, 0.5) is 0 Å². The molecular weight excluding hydrogens is 182 g/mol. The Bertz CT molecular complexity index is 190. The van der Waals surface area contributed by atoms with Crippen LogP contribution in [0.5, 0.6) is 0 Å². The van der Waals surface area contributed by atoms with Gasteiger partial charge in [0.05, 0.1) is 0 Å². The summed E-state index contributed by atoms with van der Waals surface area (Å²) in [6.45, 7) is 1.03. The third kappa shape index (κ3) is 3.27. The predicted octanol–water partition coefficient (Wildman–Crippen LogP) is 0.746. The second kappa shape index (κ2) is 5.32. The summed E-state index contributed by atoms with van der Waals surface area (Å²) >= 11 is 0. The standard InChI is InChI=1S/C10H19NO3/c12-8-4-2-1-3-7-11-10(5-6-10)9(13)14/h11-12H,1-8H2,(H,13,14). The quantitative estimate of drug-likeness (QED) is 0.507. The summed E-state index contributed by atoms with van der Waals surface area (Å²) in [5.41, 5.74) is -0.586. The van der Waals surface area contributed by atoms with Crippen LogP contribution >= 0.6 is 0 Å². The van der Waals surface area contributed by atoms with E-state index in [-0.39, 0.29) is 6.61 Å². The van der Waals surface area contributed by atoms with Crippen LogP contribution in [0.2, 0.25) is 0 Å². The lowest BCUT2D eigenvalue weighted by Crippen LogP contribution is -2.39. The molecule has 0 aliphatic heterocycles. The fraction of sp³-hybridized carbons (Fsp3) is 0.900. The lowest BCUT2D eigenvalue weighted by molar-refractivity contribution is -0.140. The summed E-state index contributed by atoms with van der Waals surface area (Å²) in [6, 6.07) is 0. The highest BCUT2D eigenvalue weighted by Gasteiger charge is 2.49. The van der Waals surface area contributed by atoms with Crippen LogP contribution in [0.3, 0.4) is 0 Å². The number of unbranched alkanes of at least 4 members (excludes halogenated alkanes) is 3. The molecule has 1 fully saturated rings. The van der Waals surface area contributed by atoms with Crippen molar-refractivity contribution in [3.63, 3.8) is 0 Å². The molecule has 1 aliphatic carbocycles. The summed E-state index contributed by atoms with van der Waals surface area (Å²) < 4.78 is 0. The normalized spacial score (nSPS) is 18.1. The molecule has 0 aromatic heterocycles. The topological polar surface area (TPSA) is 69.6 Å². The molecule has 0 atom stereocenters. The lowest BCUT2D eigenvalue weighted by atomic mass is 10.2. The third-order valence-electron chi connectivity index (χ3n) is 2.71. The average Bonchev–Trinajstić information content (AvgIpc) is 2.92. The molecule has 4 heteroatoms. The van der Waals surface area contributed by atoms with Crippen molar-refractivity contribution in [2.24, 2.45) is 0 Å². The highest BCUT2D eigenvalue weighted by atomic mass is 16.4. The van der Waals surface area contributed by atoms with E-state index in [0.29, 0.717) is 0 Å². The van der Waals surface area contributed by atoms with Gasteiger partial charge < -0.3 is 15.5 Å². The van der Waals surface area contributed by atoms with Crippen molar-refractivity contribution in [2.75, 3.05) is 13.2 Å². The zero-order chi connectivity index (χ0) is 10.4. The van der Waals surface area contributed by atoms with Gasteiger partial charge in [0.1, 0.15) is 5.54 Å². The number of carbonyl (C=O) groups is 1. The van der Waals surface area contributed by atoms with Crippen LogP contribution in [-0.4, -0.2) is 34.9 Å². The minimum atomic E-state index is -0.715. The maximum absolute atomic E-state index is 10.8. The molecular formula is C10H19NO3. The zero-order valence-corrected chi connectivity index (χ0v) is 8.46. The first-order valence-corrected chi connectivity index (χ1v) is 5.30. The number of carboxylic acids is 1. The van der Waals surface area contributed by atoms with E-state index in [1.807, 2.05) is 0 Å². The number of hydrogen-bond acceptors (Lipinski definition) is 3. The van der Waals surface area contributed by atoms with Gasteiger partial charge in [-0.2, -0.15) is 0 Å². The molecule has 0 unspecified atom stereocenters. The monoisotopic (exact) mass is 201 g/mol. The minimum absolute atomic E-state index is 0.256. The Kier molecular flexibility index (Phi) is 4.35. The molecule has 1 aliphatic rings. The first-order valence-electron chi connectivity index (χ1n) is 5.30. The number of carboxylic acid groups (broad SMARTS) is 1. The van der Waals surface area contributed by atoms with Gasteiger partial charge in [-0.25, -0.2) is 0 Å². The highest BCUT2D eigenvalue weighted by Crippen LogP contribution is 2.35. The van der Waals surface area contributed by atoms with Gasteiger partial charge in [0.2, 0.25) is 0 Å². The summed E-state index contributed by atoms with van der Waals surface area (Å²) in [5.74, 6) is -0.715. The minimum Gasteiger partial charge on any atom is -0.480 e. The number of aliphatic carboxylic acids is 1.